The zero-order valence-corrected chi connectivity index (χ0v) is 14.8. The Bertz CT molecular complexity index is 1050. The molecule has 0 N–H and O–H groups in total. The van der Waals surface area contributed by atoms with Crippen LogP contribution in [0.15, 0.2) is 83.8 Å². The molecule has 0 saturated carbocycles. The van der Waals surface area contributed by atoms with Gasteiger partial charge in [0.15, 0.2) is 0 Å². The van der Waals surface area contributed by atoms with Crippen LogP contribution in [0.5, 0.6) is 0 Å². The largest absolute Gasteiger partial charge is 0.274 e. The molecule has 3 aromatic rings. The fourth-order valence-corrected chi connectivity index (χ4v) is 4.06. The Morgan fingerprint density at radius 2 is 1.48 bits per heavy atom. The Balaban J connectivity index is 2.11. The van der Waals surface area contributed by atoms with Gasteiger partial charge in [0.05, 0.1) is 27.6 Å². The molecule has 6 nitrogen and oxygen atoms in total. The molecule has 0 heterocycles. The van der Waals surface area contributed by atoms with Gasteiger partial charge in [-0.2, -0.15) is 0 Å². The van der Waals surface area contributed by atoms with E-state index in [4.69, 9.17) is 0 Å². The number of anilines is 1. The molecule has 0 radical (unpaired) electrons. The van der Waals surface area contributed by atoms with Gasteiger partial charge in [0.1, 0.15) is 5.82 Å². The van der Waals surface area contributed by atoms with Crippen molar-refractivity contribution in [3.05, 3.63) is 100 Å². The summed E-state index contributed by atoms with van der Waals surface area (Å²) in [4.78, 5) is 10.6. The van der Waals surface area contributed by atoms with Crippen LogP contribution in [0.25, 0.3) is 0 Å². The Hall–Kier alpha value is -3.26. The Morgan fingerprint density at radius 3 is 2.11 bits per heavy atom. The van der Waals surface area contributed by atoms with Crippen LogP contribution in [-0.2, 0) is 16.6 Å². The van der Waals surface area contributed by atoms with Crippen molar-refractivity contribution in [1.29, 1.82) is 0 Å². The van der Waals surface area contributed by atoms with Gasteiger partial charge < -0.3 is 0 Å². The van der Waals surface area contributed by atoms with E-state index in [9.17, 15) is 22.9 Å². The molecule has 0 fully saturated rings. The van der Waals surface area contributed by atoms with Gasteiger partial charge in [-0.1, -0.05) is 36.4 Å². The quantitative estimate of drug-likeness (QED) is 0.471. The highest BCUT2D eigenvalue weighted by Gasteiger charge is 2.27. The average Bonchev–Trinajstić information content (AvgIpc) is 2.67. The van der Waals surface area contributed by atoms with E-state index in [0.29, 0.717) is 5.69 Å². The van der Waals surface area contributed by atoms with Gasteiger partial charge >= 0.3 is 0 Å². The number of nitrogens with zero attached hydrogens (tertiary/aromatic N) is 2. The van der Waals surface area contributed by atoms with Crippen molar-refractivity contribution in [3.63, 3.8) is 0 Å². The van der Waals surface area contributed by atoms with Crippen molar-refractivity contribution >= 4 is 21.4 Å². The van der Waals surface area contributed by atoms with E-state index in [1.165, 1.54) is 30.3 Å². The SMILES string of the molecule is O=[N+]([O-])c1ccccc1CN(c1ccccc1)S(=O)(=O)c1ccc(F)cc1. The minimum atomic E-state index is -4.07. The van der Waals surface area contributed by atoms with Gasteiger partial charge in [-0.3, -0.25) is 14.4 Å². The molecule has 138 valence electrons. The summed E-state index contributed by atoms with van der Waals surface area (Å²) in [5, 5.41) is 11.3. The van der Waals surface area contributed by atoms with Gasteiger partial charge in [-0.25, -0.2) is 12.8 Å². The number of rotatable bonds is 6. The molecular weight excluding hydrogens is 371 g/mol. The zero-order chi connectivity index (χ0) is 19.4. The lowest BCUT2D eigenvalue weighted by molar-refractivity contribution is -0.385. The Labute approximate surface area is 155 Å². The highest BCUT2D eigenvalue weighted by atomic mass is 32.2. The Kier molecular flexibility index (Phi) is 5.18. The van der Waals surface area contributed by atoms with E-state index in [1.54, 1.807) is 36.4 Å². The average molecular weight is 386 g/mol. The molecule has 8 heteroatoms. The lowest BCUT2D eigenvalue weighted by Crippen LogP contribution is -2.30. The second-order valence-corrected chi connectivity index (χ2v) is 7.55. The number of nitro groups is 1. The molecule has 0 aliphatic heterocycles. The Morgan fingerprint density at radius 1 is 0.889 bits per heavy atom. The van der Waals surface area contributed by atoms with E-state index in [0.717, 1.165) is 16.4 Å². The summed E-state index contributed by atoms with van der Waals surface area (Å²) < 4.78 is 40.6. The maximum Gasteiger partial charge on any atom is 0.274 e. The standard InChI is InChI=1S/C19H15FN2O4S/c20-16-10-12-18(13-11-16)27(25,26)21(17-7-2-1-3-8-17)14-15-6-4-5-9-19(15)22(23)24/h1-13H,14H2. The van der Waals surface area contributed by atoms with Gasteiger partial charge in [0.2, 0.25) is 0 Å². The number of para-hydroxylation sites is 2. The summed E-state index contributed by atoms with van der Waals surface area (Å²) >= 11 is 0. The van der Waals surface area contributed by atoms with Crippen molar-refractivity contribution < 1.29 is 17.7 Å². The molecule has 0 amide bonds. The van der Waals surface area contributed by atoms with Gasteiger partial charge in [-0.15, -0.1) is 0 Å². The van der Waals surface area contributed by atoms with Gasteiger partial charge in [-0.05, 0) is 36.4 Å². The third-order valence-corrected chi connectivity index (χ3v) is 5.74. The van der Waals surface area contributed by atoms with Crippen LogP contribution in [-0.4, -0.2) is 13.3 Å². The number of nitro benzene ring substituents is 1. The molecule has 0 aromatic heterocycles. The number of hydrogen-bond donors (Lipinski definition) is 0. The third-order valence-electron chi connectivity index (χ3n) is 3.95. The number of hydrogen-bond acceptors (Lipinski definition) is 4. The van der Waals surface area contributed by atoms with Crippen molar-refractivity contribution in [2.45, 2.75) is 11.4 Å². The lowest BCUT2D eigenvalue weighted by Gasteiger charge is -2.24. The summed E-state index contributed by atoms with van der Waals surface area (Å²) in [7, 11) is -4.07. The van der Waals surface area contributed by atoms with E-state index in [2.05, 4.69) is 0 Å². The predicted molar refractivity (Wildman–Crippen MR) is 99.3 cm³/mol. The summed E-state index contributed by atoms with van der Waals surface area (Å²) in [6, 6.07) is 18.7. The van der Waals surface area contributed by atoms with Crippen LogP contribution in [0.3, 0.4) is 0 Å². The van der Waals surface area contributed by atoms with Gasteiger partial charge in [0.25, 0.3) is 15.7 Å². The highest BCUT2D eigenvalue weighted by Crippen LogP contribution is 2.28. The normalized spacial score (nSPS) is 11.1. The molecule has 0 aliphatic rings. The monoisotopic (exact) mass is 386 g/mol. The maximum absolute atomic E-state index is 13.2. The molecule has 0 aliphatic carbocycles. The first-order valence-electron chi connectivity index (χ1n) is 7.95. The van der Waals surface area contributed by atoms with Crippen molar-refractivity contribution in [3.8, 4) is 0 Å². The maximum atomic E-state index is 13.2. The molecule has 27 heavy (non-hydrogen) atoms. The molecule has 0 bridgehead atoms. The van der Waals surface area contributed by atoms with Crippen LogP contribution in [0, 0.1) is 15.9 Å². The molecule has 0 spiro atoms. The van der Waals surface area contributed by atoms with Crippen LogP contribution < -0.4 is 4.31 Å². The van der Waals surface area contributed by atoms with E-state index >= 15 is 0 Å². The van der Waals surface area contributed by atoms with E-state index in [1.807, 2.05) is 0 Å². The van der Waals surface area contributed by atoms with Crippen LogP contribution in [0.4, 0.5) is 15.8 Å². The highest BCUT2D eigenvalue weighted by molar-refractivity contribution is 7.92. The predicted octanol–water partition coefficient (Wildman–Crippen LogP) is 4.13. The minimum absolute atomic E-state index is 0.105. The summed E-state index contributed by atoms with van der Waals surface area (Å²) in [5.41, 5.74) is 0.421. The zero-order valence-electron chi connectivity index (χ0n) is 14.0. The first-order valence-corrected chi connectivity index (χ1v) is 9.39. The van der Waals surface area contributed by atoms with Crippen LogP contribution >= 0.6 is 0 Å². The number of sulfonamides is 1. The van der Waals surface area contributed by atoms with E-state index in [-0.39, 0.29) is 22.7 Å². The second-order valence-electron chi connectivity index (χ2n) is 5.69. The molecule has 3 rings (SSSR count). The summed E-state index contributed by atoms with van der Waals surface area (Å²) in [6.07, 6.45) is 0. The van der Waals surface area contributed by atoms with Gasteiger partial charge in [0, 0.05) is 6.07 Å². The number of benzene rings is 3. The molecule has 0 saturated heterocycles. The first-order chi connectivity index (χ1) is 12.9. The van der Waals surface area contributed by atoms with Crippen molar-refractivity contribution in [1.82, 2.24) is 0 Å². The second kappa shape index (κ2) is 7.55. The van der Waals surface area contributed by atoms with Crippen LogP contribution in [0.1, 0.15) is 5.56 Å². The molecule has 0 unspecified atom stereocenters. The van der Waals surface area contributed by atoms with E-state index < -0.39 is 20.8 Å². The molecule has 0 atom stereocenters. The third kappa shape index (κ3) is 3.95. The lowest BCUT2D eigenvalue weighted by atomic mass is 10.2. The molecular formula is C19H15FN2O4S. The van der Waals surface area contributed by atoms with Crippen LogP contribution in [0.2, 0.25) is 0 Å². The first kappa shape index (κ1) is 18.5. The van der Waals surface area contributed by atoms with Crippen molar-refractivity contribution in [2.24, 2.45) is 0 Å². The topological polar surface area (TPSA) is 80.5 Å². The smallest absolute Gasteiger partial charge is 0.262 e. The molecule has 3 aromatic carbocycles. The summed E-state index contributed by atoms with van der Waals surface area (Å²) in [5.74, 6) is -0.557. The van der Waals surface area contributed by atoms with Crippen molar-refractivity contribution in [2.75, 3.05) is 4.31 Å². The fraction of sp³-hybridized carbons (Fsp3) is 0.0526. The number of halogens is 1. The summed E-state index contributed by atoms with van der Waals surface area (Å²) in [6.45, 7) is -0.235. The minimum Gasteiger partial charge on any atom is -0.262 e. The fourth-order valence-electron chi connectivity index (χ4n) is 2.62.